The van der Waals surface area contributed by atoms with Crippen molar-refractivity contribution in [1.82, 2.24) is 5.32 Å². The van der Waals surface area contributed by atoms with Crippen LogP contribution in [0.15, 0.2) is 24.3 Å². The SMILES string of the molecule is CNC(C)CCCN1c2ccccc2CCC1C. The quantitative estimate of drug-likeness (QED) is 0.858. The lowest BCUT2D eigenvalue weighted by Gasteiger charge is -2.37. The van der Waals surface area contributed by atoms with E-state index in [1.54, 1.807) is 0 Å². The fraction of sp³-hybridized carbons (Fsp3) is 0.625. The zero-order valence-electron chi connectivity index (χ0n) is 11.9. The van der Waals surface area contributed by atoms with Crippen molar-refractivity contribution in [2.45, 2.75) is 51.6 Å². The van der Waals surface area contributed by atoms with Crippen molar-refractivity contribution >= 4 is 5.69 Å². The number of nitrogens with one attached hydrogen (secondary N) is 1. The van der Waals surface area contributed by atoms with Crippen molar-refractivity contribution in [2.24, 2.45) is 0 Å². The molecule has 2 atom stereocenters. The Hall–Kier alpha value is -1.02. The number of aryl methyl sites for hydroxylation is 1. The molecule has 2 heteroatoms. The maximum atomic E-state index is 3.31. The molecule has 0 saturated heterocycles. The fourth-order valence-electron chi connectivity index (χ4n) is 2.81. The van der Waals surface area contributed by atoms with Crippen molar-refractivity contribution in [3.05, 3.63) is 29.8 Å². The number of nitrogens with zero attached hydrogens (tertiary/aromatic N) is 1. The van der Waals surface area contributed by atoms with Gasteiger partial charge in [-0.1, -0.05) is 18.2 Å². The summed E-state index contributed by atoms with van der Waals surface area (Å²) in [5.41, 5.74) is 2.99. The van der Waals surface area contributed by atoms with E-state index in [-0.39, 0.29) is 0 Å². The molecule has 0 aliphatic carbocycles. The Bertz CT molecular complexity index is 375. The highest BCUT2D eigenvalue weighted by Crippen LogP contribution is 2.30. The molecule has 100 valence electrons. The van der Waals surface area contributed by atoms with E-state index in [4.69, 9.17) is 0 Å². The Balaban J connectivity index is 1.98. The first kappa shape index (κ1) is 13.4. The van der Waals surface area contributed by atoms with E-state index in [2.05, 4.69) is 48.3 Å². The van der Waals surface area contributed by atoms with E-state index in [1.165, 1.54) is 43.5 Å². The zero-order chi connectivity index (χ0) is 13.0. The fourth-order valence-corrected chi connectivity index (χ4v) is 2.81. The second kappa shape index (κ2) is 6.24. The maximum absolute atomic E-state index is 3.31. The number of rotatable bonds is 5. The molecule has 1 aromatic carbocycles. The molecule has 1 N–H and O–H groups in total. The summed E-state index contributed by atoms with van der Waals surface area (Å²) in [6.45, 7) is 5.80. The van der Waals surface area contributed by atoms with Gasteiger partial charge >= 0.3 is 0 Å². The molecular formula is C16H26N2. The van der Waals surface area contributed by atoms with Crippen LogP contribution in [0, 0.1) is 0 Å². The predicted molar refractivity (Wildman–Crippen MR) is 79.3 cm³/mol. The second-order valence-corrected chi connectivity index (χ2v) is 5.54. The lowest BCUT2D eigenvalue weighted by Crippen LogP contribution is -2.38. The minimum Gasteiger partial charge on any atom is -0.369 e. The minimum atomic E-state index is 0.625. The number of hydrogen-bond donors (Lipinski definition) is 1. The van der Waals surface area contributed by atoms with Gasteiger partial charge in [-0.05, 0) is 58.2 Å². The molecule has 0 radical (unpaired) electrons. The van der Waals surface area contributed by atoms with Gasteiger partial charge in [-0.2, -0.15) is 0 Å². The summed E-state index contributed by atoms with van der Waals surface area (Å²) in [7, 11) is 2.05. The Morgan fingerprint density at radius 2 is 2.17 bits per heavy atom. The van der Waals surface area contributed by atoms with Crippen LogP contribution in [-0.4, -0.2) is 25.7 Å². The highest BCUT2D eigenvalue weighted by atomic mass is 15.2. The molecule has 0 spiro atoms. The molecule has 1 aliphatic rings. The molecule has 1 aromatic rings. The van der Waals surface area contributed by atoms with Gasteiger partial charge in [-0.25, -0.2) is 0 Å². The van der Waals surface area contributed by atoms with E-state index < -0.39 is 0 Å². The van der Waals surface area contributed by atoms with Crippen LogP contribution in [0.3, 0.4) is 0 Å². The van der Waals surface area contributed by atoms with Crippen LogP contribution in [0.2, 0.25) is 0 Å². The summed E-state index contributed by atoms with van der Waals surface area (Å²) in [5, 5.41) is 3.31. The second-order valence-electron chi connectivity index (χ2n) is 5.54. The van der Waals surface area contributed by atoms with Crippen LogP contribution in [0.25, 0.3) is 0 Å². The third kappa shape index (κ3) is 3.05. The summed E-state index contributed by atoms with van der Waals surface area (Å²) in [6, 6.07) is 10.2. The van der Waals surface area contributed by atoms with Gasteiger partial charge in [-0.3, -0.25) is 0 Å². The summed E-state index contributed by atoms with van der Waals surface area (Å²) >= 11 is 0. The van der Waals surface area contributed by atoms with Crippen molar-refractivity contribution in [3.8, 4) is 0 Å². The molecule has 18 heavy (non-hydrogen) atoms. The summed E-state index contributed by atoms with van der Waals surface area (Å²) in [5.74, 6) is 0. The summed E-state index contributed by atoms with van der Waals surface area (Å²) in [4.78, 5) is 2.60. The molecule has 2 rings (SSSR count). The zero-order valence-corrected chi connectivity index (χ0v) is 11.9. The van der Waals surface area contributed by atoms with Gasteiger partial charge in [0.1, 0.15) is 0 Å². The average molecular weight is 246 g/mol. The van der Waals surface area contributed by atoms with Crippen LogP contribution >= 0.6 is 0 Å². The van der Waals surface area contributed by atoms with Crippen LogP contribution in [0.4, 0.5) is 5.69 Å². The average Bonchev–Trinajstić information content (AvgIpc) is 2.41. The largest absolute Gasteiger partial charge is 0.369 e. The van der Waals surface area contributed by atoms with Crippen molar-refractivity contribution in [2.75, 3.05) is 18.5 Å². The van der Waals surface area contributed by atoms with Crippen LogP contribution in [0.5, 0.6) is 0 Å². The van der Waals surface area contributed by atoms with Gasteiger partial charge < -0.3 is 10.2 Å². The lowest BCUT2D eigenvalue weighted by molar-refractivity contribution is 0.504. The van der Waals surface area contributed by atoms with Gasteiger partial charge in [0.15, 0.2) is 0 Å². The molecule has 0 bridgehead atoms. The monoisotopic (exact) mass is 246 g/mol. The first-order chi connectivity index (χ1) is 8.72. The van der Waals surface area contributed by atoms with E-state index in [0.29, 0.717) is 12.1 Å². The number of para-hydroxylation sites is 1. The Labute approximate surface area is 111 Å². The van der Waals surface area contributed by atoms with Crippen molar-refractivity contribution < 1.29 is 0 Å². The molecule has 1 aliphatic heterocycles. The third-order valence-electron chi connectivity index (χ3n) is 4.19. The Morgan fingerprint density at radius 3 is 2.94 bits per heavy atom. The molecular weight excluding hydrogens is 220 g/mol. The van der Waals surface area contributed by atoms with Crippen molar-refractivity contribution in [1.29, 1.82) is 0 Å². The molecule has 0 fully saturated rings. The molecule has 1 heterocycles. The lowest BCUT2D eigenvalue weighted by atomic mass is 9.96. The van der Waals surface area contributed by atoms with Crippen molar-refractivity contribution in [3.63, 3.8) is 0 Å². The van der Waals surface area contributed by atoms with Crippen LogP contribution in [0.1, 0.15) is 38.7 Å². The predicted octanol–water partition coefficient (Wildman–Crippen LogP) is 3.22. The smallest absolute Gasteiger partial charge is 0.0401 e. The summed E-state index contributed by atoms with van der Waals surface area (Å²) < 4.78 is 0. The van der Waals surface area contributed by atoms with Gasteiger partial charge in [0.05, 0.1) is 0 Å². The van der Waals surface area contributed by atoms with E-state index in [0.717, 1.165) is 0 Å². The van der Waals surface area contributed by atoms with E-state index in [1.807, 2.05) is 7.05 Å². The number of anilines is 1. The minimum absolute atomic E-state index is 0.625. The highest BCUT2D eigenvalue weighted by molar-refractivity contribution is 5.56. The number of hydrogen-bond acceptors (Lipinski definition) is 2. The number of benzene rings is 1. The molecule has 0 amide bonds. The van der Waals surface area contributed by atoms with Crippen LogP contribution < -0.4 is 10.2 Å². The Kier molecular flexibility index (Phi) is 4.65. The van der Waals surface area contributed by atoms with E-state index in [9.17, 15) is 0 Å². The normalized spacial score (nSPS) is 20.6. The van der Waals surface area contributed by atoms with Gasteiger partial charge in [0.25, 0.3) is 0 Å². The Morgan fingerprint density at radius 1 is 1.39 bits per heavy atom. The van der Waals surface area contributed by atoms with Gasteiger partial charge in [0.2, 0.25) is 0 Å². The number of fused-ring (bicyclic) bond motifs is 1. The standard InChI is InChI=1S/C16H26N2/c1-13(17-3)7-6-12-18-14(2)10-11-15-8-4-5-9-16(15)18/h4-5,8-9,13-14,17H,6-7,10-12H2,1-3H3. The first-order valence-corrected chi connectivity index (χ1v) is 7.24. The van der Waals surface area contributed by atoms with Gasteiger partial charge in [-0.15, -0.1) is 0 Å². The van der Waals surface area contributed by atoms with Gasteiger partial charge in [0, 0.05) is 24.3 Å². The third-order valence-corrected chi connectivity index (χ3v) is 4.19. The molecule has 2 nitrogen and oxygen atoms in total. The molecule has 2 unspecified atom stereocenters. The molecule has 0 aromatic heterocycles. The highest BCUT2D eigenvalue weighted by Gasteiger charge is 2.21. The molecule has 0 saturated carbocycles. The first-order valence-electron chi connectivity index (χ1n) is 7.24. The topological polar surface area (TPSA) is 15.3 Å². The van der Waals surface area contributed by atoms with Crippen LogP contribution in [-0.2, 0) is 6.42 Å². The van der Waals surface area contributed by atoms with E-state index >= 15 is 0 Å². The maximum Gasteiger partial charge on any atom is 0.0401 e. The summed E-state index contributed by atoms with van der Waals surface area (Å²) in [6.07, 6.45) is 5.04.